The van der Waals surface area contributed by atoms with Gasteiger partial charge in [0.05, 0.1) is 13.0 Å². The molecule has 0 aliphatic carbocycles. The van der Waals surface area contributed by atoms with Gasteiger partial charge < -0.3 is 95.5 Å². The number of nitrogens with one attached hydrogen (secondary N) is 16. The number of nitrogens with zero attached hydrogens (tertiary/aromatic N) is 2. The third kappa shape index (κ3) is 28.4. The van der Waals surface area contributed by atoms with Gasteiger partial charge in [0.1, 0.15) is 72.5 Å². The van der Waals surface area contributed by atoms with Crippen LogP contribution in [0.25, 0.3) is 10.8 Å². The molecule has 3 aliphatic rings. The van der Waals surface area contributed by atoms with E-state index in [1.807, 2.05) is 56.3 Å². The number of aromatic nitrogens is 1. The first-order valence-corrected chi connectivity index (χ1v) is 40.8. The molecule has 650 valence electrons. The van der Waals surface area contributed by atoms with E-state index in [2.05, 4.69) is 90.1 Å². The molecule has 0 saturated carbocycles. The zero-order chi connectivity index (χ0) is 88.3. The van der Waals surface area contributed by atoms with E-state index < -0.39 is 180 Å². The molecule has 9 rings (SSSR count). The smallest absolute Gasteiger partial charge is 0.322 e. The topological polar surface area (TPSA) is 528 Å². The van der Waals surface area contributed by atoms with Crippen molar-refractivity contribution in [3.05, 3.63) is 173 Å². The van der Waals surface area contributed by atoms with Gasteiger partial charge in [-0.2, -0.15) is 0 Å². The maximum absolute atomic E-state index is 15.6. The van der Waals surface area contributed by atoms with E-state index in [-0.39, 0.29) is 93.4 Å². The van der Waals surface area contributed by atoms with E-state index in [0.29, 0.717) is 53.1 Å². The number of likely N-dealkylation sites (tertiary alicyclic amines) is 1. The second kappa shape index (κ2) is 44.9. The van der Waals surface area contributed by atoms with Crippen molar-refractivity contribution in [3.63, 3.8) is 0 Å². The minimum Gasteiger partial charge on any atom is -0.394 e. The highest BCUT2D eigenvalue weighted by atomic mass is 35.5. The van der Waals surface area contributed by atoms with Crippen molar-refractivity contribution in [1.29, 1.82) is 0 Å². The minimum absolute atomic E-state index is 0.00173. The van der Waals surface area contributed by atoms with Crippen LogP contribution in [0.3, 0.4) is 0 Å². The molecule has 37 heteroatoms. The van der Waals surface area contributed by atoms with Crippen LogP contribution in [0.15, 0.2) is 140 Å². The van der Waals surface area contributed by atoms with Crippen LogP contribution in [0.1, 0.15) is 114 Å². The Hall–Kier alpha value is -13.0. The lowest BCUT2D eigenvalue weighted by Crippen LogP contribution is -2.62. The van der Waals surface area contributed by atoms with Crippen molar-refractivity contribution in [1.82, 2.24) is 84.3 Å². The summed E-state index contributed by atoms with van der Waals surface area (Å²) < 4.78 is 0. The Bertz CT molecular complexity index is 4760. The molecule has 5 aromatic carbocycles. The fourth-order valence-electron chi connectivity index (χ4n) is 14.1. The number of primary amides is 1. The summed E-state index contributed by atoms with van der Waals surface area (Å²) in [4.78, 5) is 227. The van der Waals surface area contributed by atoms with Crippen LogP contribution in [0.4, 0.5) is 21.0 Å². The SMILES string of the molecule is CC(=O)N[C@H](Cc1ccc2ccccc2c1)C(=O)N[C@H](Cc1ccc(Cl)cc1)C(=O)N[C@H](Cc1cccnc1)C(=O)N[C@@H](CO)C(=O)N[C@@H](Cc1ccc(NC(=O)C2CC(=O)NC(=O)N2)cc1)C(=O)N[C@H](Cc1ccc(NC(=O)C2CNC(=O)N2)cc1)C(=O)N[C@@H](CC(C)C)C(=O)N[C@@H](CCCCNC(C)C)C(=O)N1CCC[C@H]1C(=O)N[C@H](C)C(N)=O. The number of amides is 18. The van der Waals surface area contributed by atoms with Crippen molar-refractivity contribution >= 4 is 129 Å². The van der Waals surface area contributed by atoms with Crippen LogP contribution in [0.5, 0.6) is 0 Å². The van der Waals surface area contributed by atoms with Crippen LogP contribution >= 0.6 is 11.6 Å². The number of aliphatic hydroxyl groups excluding tert-OH is 1. The number of carbonyl (C=O) groups excluding carboxylic acids is 16. The number of urea groups is 2. The highest BCUT2D eigenvalue weighted by Gasteiger charge is 2.41. The molecule has 18 amide bonds. The van der Waals surface area contributed by atoms with Gasteiger partial charge >= 0.3 is 12.1 Å². The molecule has 36 nitrogen and oxygen atoms in total. The van der Waals surface area contributed by atoms with Crippen molar-refractivity contribution < 1.29 is 81.8 Å². The second-order valence-corrected chi connectivity index (χ2v) is 31.6. The number of halogens is 1. The standard InChI is InChI=1S/C85H106ClN19O17/c1-46(2)35-61(74(111)95-60(16-9-10-33-89-47(3)4)83(120)105-34-12-17-70(105)82(119)91-48(5)72(87)109)96-76(113)64(38-51-23-30-59(31-24-51)94-80(117)68-44-90-84(121)103-68)98-78(115)65(39-52-21-28-58(29-22-52)93-73(110)67-42-71(108)104-85(122)102-67)100-81(118)69(45-106)101-79(116)66(41-54-13-11-32-88-43-54)99-77(114)63(37-50-19-26-57(86)27-20-50)97-75(112)62(92-49(6)107)40-53-18-25-55-14-7-8-15-56(55)36-53/h7-8,11,13-15,18-32,36,43,46-48,60-70,89,106H,9-10,12,16-17,33-35,37-42,44-45H2,1-6H3,(H2,87,109)(H,91,119)(H,92,107)(H,93,110)(H,94,117)(H,95,111)(H,96,113)(H,97,112)(H,98,115)(H,99,114)(H,100,118)(H,101,116)(H2,90,103,121)(H2,102,104,108,122)/t48-,60+,61+,62-,63-,64-,65+,66-,67?,68?,69+,70+/m1/s1. The Kier molecular flexibility index (Phi) is 34.2. The molecule has 0 bridgehead atoms. The Morgan fingerprint density at radius 1 is 0.525 bits per heavy atom. The molecule has 122 heavy (non-hydrogen) atoms. The maximum atomic E-state index is 15.6. The largest absolute Gasteiger partial charge is 0.394 e. The number of anilines is 2. The van der Waals surface area contributed by atoms with Gasteiger partial charge in [0, 0.05) is 87.0 Å². The monoisotopic (exact) mass is 1700 g/mol. The van der Waals surface area contributed by atoms with Crippen molar-refractivity contribution in [2.45, 2.75) is 197 Å². The number of carbonyl (C=O) groups is 16. The van der Waals surface area contributed by atoms with Crippen LogP contribution in [0.2, 0.25) is 5.02 Å². The first-order valence-electron chi connectivity index (χ1n) is 40.4. The molecule has 0 radical (unpaired) electrons. The van der Waals surface area contributed by atoms with Gasteiger partial charge in [-0.3, -0.25) is 77.4 Å². The second-order valence-electron chi connectivity index (χ2n) is 31.2. The number of pyridine rings is 1. The average molecular weight is 1700 g/mol. The van der Waals surface area contributed by atoms with Gasteiger partial charge in [0.25, 0.3) is 0 Å². The number of benzene rings is 5. The number of imide groups is 1. The van der Waals surface area contributed by atoms with Crippen LogP contribution < -0.4 is 90.8 Å². The highest BCUT2D eigenvalue weighted by Crippen LogP contribution is 2.24. The summed E-state index contributed by atoms with van der Waals surface area (Å²) in [6.07, 6.45) is 2.89. The molecular weight excluding hydrogens is 1590 g/mol. The number of fused-ring (bicyclic) bond motifs is 1. The summed E-state index contributed by atoms with van der Waals surface area (Å²) in [7, 11) is 0. The molecule has 3 aliphatic heterocycles. The van der Waals surface area contributed by atoms with Crippen molar-refractivity contribution in [2.75, 3.05) is 36.9 Å². The molecule has 3 saturated heterocycles. The molecule has 6 aromatic rings. The zero-order valence-corrected chi connectivity index (χ0v) is 69.3. The van der Waals surface area contributed by atoms with Gasteiger partial charge in [-0.15, -0.1) is 0 Å². The summed E-state index contributed by atoms with van der Waals surface area (Å²) in [5, 5.41) is 55.8. The van der Waals surface area contributed by atoms with E-state index in [0.717, 1.165) is 10.8 Å². The number of rotatable bonds is 42. The number of unbranched alkanes of at least 4 members (excludes halogenated alkanes) is 1. The van der Waals surface area contributed by atoms with Gasteiger partial charge in [0.15, 0.2) is 0 Å². The van der Waals surface area contributed by atoms with Crippen molar-refractivity contribution in [3.8, 4) is 0 Å². The molecule has 12 atom stereocenters. The number of nitrogens with two attached hydrogens (primary N) is 1. The molecule has 19 N–H and O–H groups in total. The van der Waals surface area contributed by atoms with Gasteiger partial charge in [-0.1, -0.05) is 124 Å². The fourth-order valence-corrected chi connectivity index (χ4v) is 14.2. The third-order valence-corrected chi connectivity index (χ3v) is 20.8. The first kappa shape index (κ1) is 92.9. The number of hydrogen-bond acceptors (Lipinski definition) is 19. The average Bonchev–Trinajstić information content (AvgIpc) is 1.61. The van der Waals surface area contributed by atoms with Gasteiger partial charge in [0.2, 0.25) is 82.7 Å². The summed E-state index contributed by atoms with van der Waals surface area (Å²) in [5.41, 5.74) is 8.11. The summed E-state index contributed by atoms with van der Waals surface area (Å²) >= 11 is 6.28. The lowest BCUT2D eigenvalue weighted by atomic mass is 9.99. The lowest BCUT2D eigenvalue weighted by Gasteiger charge is -2.31. The van der Waals surface area contributed by atoms with Gasteiger partial charge in [-0.05, 0) is 139 Å². The fraction of sp³-hybridized carbons (Fsp3) is 0.424. The predicted octanol–water partition coefficient (Wildman–Crippen LogP) is 0.644. The van der Waals surface area contributed by atoms with E-state index in [4.69, 9.17) is 17.3 Å². The summed E-state index contributed by atoms with van der Waals surface area (Å²) in [5.74, 6) is -11.7. The minimum atomic E-state index is -1.94. The van der Waals surface area contributed by atoms with Gasteiger partial charge in [-0.25, -0.2) is 9.59 Å². The van der Waals surface area contributed by atoms with Crippen LogP contribution in [-0.2, 0) is 99.2 Å². The number of hydrogen-bond donors (Lipinski definition) is 18. The zero-order valence-electron chi connectivity index (χ0n) is 68.5. The summed E-state index contributed by atoms with van der Waals surface area (Å²) in [6.45, 7) is 9.70. The van der Waals surface area contributed by atoms with E-state index in [9.17, 15) is 53.1 Å². The Labute approximate surface area is 709 Å². The Balaban J connectivity index is 1.02. The predicted molar refractivity (Wildman–Crippen MR) is 450 cm³/mol. The molecule has 0 spiro atoms. The van der Waals surface area contributed by atoms with E-state index in [1.54, 1.807) is 50.2 Å². The maximum Gasteiger partial charge on any atom is 0.322 e. The first-order chi connectivity index (χ1) is 58.2. The molecule has 4 heterocycles. The molecule has 3 fully saturated rings. The third-order valence-electron chi connectivity index (χ3n) is 20.5. The summed E-state index contributed by atoms with van der Waals surface area (Å²) in [6, 6.07) is 16.6. The quantitative estimate of drug-likeness (QED) is 0.0234. The van der Waals surface area contributed by atoms with Crippen molar-refractivity contribution in [2.24, 2.45) is 11.7 Å². The Morgan fingerprint density at radius 2 is 1.01 bits per heavy atom. The normalized spacial score (nSPS) is 17.1. The van der Waals surface area contributed by atoms with Crippen LogP contribution in [0, 0.1) is 5.92 Å². The van der Waals surface area contributed by atoms with E-state index in [1.165, 1.54) is 79.7 Å². The number of aliphatic hydroxyl groups is 1. The van der Waals surface area contributed by atoms with E-state index >= 15 is 28.8 Å². The highest BCUT2D eigenvalue weighted by molar-refractivity contribution is 6.30. The van der Waals surface area contributed by atoms with Crippen LogP contribution in [-0.4, -0.2) is 215 Å². The Morgan fingerprint density at radius 3 is 1.52 bits per heavy atom. The lowest BCUT2D eigenvalue weighted by molar-refractivity contribution is -0.142. The molecule has 2 unspecified atom stereocenters. The molecule has 1 aromatic heterocycles. The molecular formula is C85H106ClN19O17.